The summed E-state index contributed by atoms with van der Waals surface area (Å²) in [6, 6.07) is 2.18. The highest BCUT2D eigenvalue weighted by atomic mass is 14.6. The van der Waals surface area contributed by atoms with Gasteiger partial charge in [-0.15, -0.1) is 0 Å². The topological polar surface area (TPSA) is 52.0 Å². The van der Waals surface area contributed by atoms with Gasteiger partial charge in [0.15, 0.2) is 0 Å². The van der Waals surface area contributed by atoms with Gasteiger partial charge in [0.25, 0.3) is 0 Å². The van der Waals surface area contributed by atoms with Crippen molar-refractivity contribution in [2.75, 3.05) is 11.5 Å². The number of rotatable bonds is 3. The van der Waals surface area contributed by atoms with Crippen molar-refractivity contribution in [3.05, 3.63) is 22.8 Å². The third kappa shape index (κ3) is 2.16. The normalized spacial score (nSPS) is 11.4. The van der Waals surface area contributed by atoms with Gasteiger partial charge < -0.3 is 11.5 Å². The van der Waals surface area contributed by atoms with Crippen LogP contribution >= 0.6 is 0 Å². The fourth-order valence-electron chi connectivity index (χ4n) is 2.15. The van der Waals surface area contributed by atoms with Crippen LogP contribution in [0.5, 0.6) is 0 Å². The number of hydrogen-bond acceptors (Lipinski definition) is 2. The van der Waals surface area contributed by atoms with Gasteiger partial charge in [-0.2, -0.15) is 0 Å². The van der Waals surface area contributed by atoms with Crippen LogP contribution in [0.2, 0.25) is 0 Å². The first-order valence-electron chi connectivity index (χ1n) is 6.10. The molecule has 0 radical (unpaired) electrons. The Morgan fingerprint density at radius 2 is 1.31 bits per heavy atom. The lowest BCUT2D eigenvalue weighted by Gasteiger charge is -2.20. The van der Waals surface area contributed by atoms with Crippen molar-refractivity contribution >= 4 is 11.4 Å². The highest BCUT2D eigenvalue weighted by Gasteiger charge is 2.16. The van der Waals surface area contributed by atoms with E-state index < -0.39 is 0 Å². The third-order valence-corrected chi connectivity index (χ3v) is 3.18. The molecule has 16 heavy (non-hydrogen) atoms. The van der Waals surface area contributed by atoms with Gasteiger partial charge in [-0.05, 0) is 34.9 Å². The lowest BCUT2D eigenvalue weighted by atomic mass is 9.88. The maximum atomic E-state index is 6.18. The fraction of sp³-hybridized carbons (Fsp3) is 0.571. The summed E-state index contributed by atoms with van der Waals surface area (Å²) in [4.78, 5) is 0. The molecular formula is C14H24N2. The van der Waals surface area contributed by atoms with Crippen LogP contribution in [0.25, 0.3) is 0 Å². The highest BCUT2D eigenvalue weighted by molar-refractivity contribution is 5.70. The van der Waals surface area contributed by atoms with Gasteiger partial charge in [0, 0.05) is 11.4 Å². The van der Waals surface area contributed by atoms with E-state index in [1.54, 1.807) is 0 Å². The molecule has 0 amide bonds. The molecule has 0 saturated carbocycles. The number of nitrogens with two attached hydrogens (primary N) is 2. The predicted octanol–water partition coefficient (Wildman–Crippen LogP) is 3.66. The summed E-state index contributed by atoms with van der Waals surface area (Å²) in [5.41, 5.74) is 17.7. The molecule has 0 aliphatic rings. The molecule has 0 saturated heterocycles. The van der Waals surface area contributed by atoms with Crippen molar-refractivity contribution in [1.29, 1.82) is 0 Å². The Morgan fingerprint density at radius 1 is 0.938 bits per heavy atom. The van der Waals surface area contributed by atoms with Gasteiger partial charge in [0.2, 0.25) is 0 Å². The average Bonchev–Trinajstić information content (AvgIpc) is 2.17. The van der Waals surface area contributed by atoms with E-state index in [9.17, 15) is 0 Å². The van der Waals surface area contributed by atoms with E-state index in [4.69, 9.17) is 11.5 Å². The zero-order valence-corrected chi connectivity index (χ0v) is 11.1. The zero-order chi connectivity index (χ0) is 12.5. The van der Waals surface area contributed by atoms with Crippen LogP contribution in [-0.2, 0) is 6.42 Å². The van der Waals surface area contributed by atoms with E-state index in [0.717, 1.165) is 23.4 Å². The van der Waals surface area contributed by atoms with Crippen molar-refractivity contribution in [1.82, 2.24) is 0 Å². The summed E-state index contributed by atoms with van der Waals surface area (Å²) < 4.78 is 0. The maximum Gasteiger partial charge on any atom is 0.0402 e. The van der Waals surface area contributed by atoms with Crippen LogP contribution in [0.1, 0.15) is 63.1 Å². The van der Waals surface area contributed by atoms with Gasteiger partial charge >= 0.3 is 0 Å². The quantitative estimate of drug-likeness (QED) is 0.764. The monoisotopic (exact) mass is 220 g/mol. The van der Waals surface area contributed by atoms with Crippen LogP contribution < -0.4 is 11.5 Å². The first-order chi connectivity index (χ1) is 7.40. The van der Waals surface area contributed by atoms with Gasteiger partial charge in [0.05, 0.1) is 0 Å². The van der Waals surface area contributed by atoms with Crippen molar-refractivity contribution < 1.29 is 0 Å². The first kappa shape index (κ1) is 12.9. The van der Waals surface area contributed by atoms with Gasteiger partial charge in [-0.25, -0.2) is 0 Å². The van der Waals surface area contributed by atoms with Crippen molar-refractivity contribution in [2.45, 2.75) is 52.9 Å². The minimum absolute atomic E-state index is 0.448. The van der Waals surface area contributed by atoms with Crippen molar-refractivity contribution in [3.63, 3.8) is 0 Å². The SMILES string of the molecule is CCc1c(N)c(C(C)C)cc(C(C)C)c1N. The molecule has 0 aromatic heterocycles. The molecule has 2 nitrogen and oxygen atoms in total. The average molecular weight is 220 g/mol. The Kier molecular flexibility index (Phi) is 3.84. The molecule has 1 aromatic rings. The van der Waals surface area contributed by atoms with Crippen LogP contribution in [-0.4, -0.2) is 0 Å². The molecule has 0 heterocycles. The van der Waals surface area contributed by atoms with Crippen LogP contribution in [0, 0.1) is 0 Å². The summed E-state index contributed by atoms with van der Waals surface area (Å²) in [7, 11) is 0. The van der Waals surface area contributed by atoms with Gasteiger partial charge in [-0.1, -0.05) is 40.7 Å². The second kappa shape index (κ2) is 4.77. The second-order valence-corrected chi connectivity index (χ2v) is 5.02. The van der Waals surface area contributed by atoms with Gasteiger partial charge in [-0.3, -0.25) is 0 Å². The number of anilines is 2. The molecule has 0 aliphatic heterocycles. The molecule has 0 spiro atoms. The largest absolute Gasteiger partial charge is 0.398 e. The molecule has 1 aromatic carbocycles. The van der Waals surface area contributed by atoms with Crippen LogP contribution in [0.3, 0.4) is 0 Å². The van der Waals surface area contributed by atoms with E-state index in [-0.39, 0.29) is 0 Å². The minimum atomic E-state index is 0.448. The summed E-state index contributed by atoms with van der Waals surface area (Å²) in [5.74, 6) is 0.895. The Labute approximate surface area is 99.0 Å². The molecule has 0 unspecified atom stereocenters. The molecule has 0 fully saturated rings. The van der Waals surface area contributed by atoms with Crippen molar-refractivity contribution in [3.8, 4) is 0 Å². The smallest absolute Gasteiger partial charge is 0.0402 e. The molecular weight excluding hydrogens is 196 g/mol. The summed E-state index contributed by atoms with van der Waals surface area (Å²) >= 11 is 0. The predicted molar refractivity (Wildman–Crippen MR) is 72.8 cm³/mol. The van der Waals surface area contributed by atoms with E-state index in [1.807, 2.05) is 0 Å². The Hall–Kier alpha value is -1.18. The van der Waals surface area contributed by atoms with Gasteiger partial charge in [0.1, 0.15) is 0 Å². The highest BCUT2D eigenvalue weighted by Crippen LogP contribution is 2.35. The molecule has 0 bridgehead atoms. The molecule has 90 valence electrons. The third-order valence-electron chi connectivity index (χ3n) is 3.18. The van der Waals surface area contributed by atoms with E-state index in [0.29, 0.717) is 11.8 Å². The molecule has 2 heteroatoms. The maximum absolute atomic E-state index is 6.18. The van der Waals surface area contributed by atoms with E-state index in [2.05, 4.69) is 40.7 Å². The standard InChI is InChI=1S/C14H24N2/c1-6-10-13(15)11(8(2)3)7-12(9(4)5)14(10)16/h7-9H,6,15-16H2,1-5H3. The molecule has 4 N–H and O–H groups in total. The Balaban J connectivity index is 3.50. The summed E-state index contributed by atoms with van der Waals surface area (Å²) in [5, 5.41) is 0. The Morgan fingerprint density at radius 3 is 1.56 bits per heavy atom. The zero-order valence-electron chi connectivity index (χ0n) is 11.1. The number of benzene rings is 1. The van der Waals surface area contributed by atoms with E-state index >= 15 is 0 Å². The van der Waals surface area contributed by atoms with E-state index in [1.165, 1.54) is 11.1 Å². The lowest BCUT2D eigenvalue weighted by molar-refractivity contribution is 0.833. The Bertz CT molecular complexity index is 347. The fourth-order valence-corrected chi connectivity index (χ4v) is 2.15. The number of nitrogen functional groups attached to an aromatic ring is 2. The number of hydrogen-bond donors (Lipinski definition) is 2. The lowest BCUT2D eigenvalue weighted by Crippen LogP contribution is -2.09. The van der Waals surface area contributed by atoms with Crippen LogP contribution in [0.4, 0.5) is 11.4 Å². The molecule has 0 atom stereocenters. The summed E-state index contributed by atoms with van der Waals surface area (Å²) in [6.45, 7) is 10.8. The summed E-state index contributed by atoms with van der Waals surface area (Å²) in [6.07, 6.45) is 0.901. The van der Waals surface area contributed by atoms with Crippen LogP contribution in [0.15, 0.2) is 6.07 Å². The molecule has 0 aliphatic carbocycles. The first-order valence-corrected chi connectivity index (χ1v) is 6.10. The minimum Gasteiger partial charge on any atom is -0.398 e. The molecule has 1 rings (SSSR count). The van der Waals surface area contributed by atoms with Crippen molar-refractivity contribution in [2.24, 2.45) is 0 Å². The second-order valence-electron chi connectivity index (χ2n) is 5.02.